The van der Waals surface area contributed by atoms with Gasteiger partial charge in [0.05, 0.1) is 0 Å². The maximum Gasteiger partial charge on any atom is 0.214 e. The number of benzene rings is 2. The summed E-state index contributed by atoms with van der Waals surface area (Å²) in [4.78, 5) is -0.327. The summed E-state index contributed by atoms with van der Waals surface area (Å²) in [6.07, 6.45) is 0. The van der Waals surface area contributed by atoms with Gasteiger partial charge in [-0.1, -0.05) is 6.07 Å². The van der Waals surface area contributed by atoms with Crippen LogP contribution in [0, 0.1) is 34.6 Å². The van der Waals surface area contributed by atoms with Gasteiger partial charge < -0.3 is 10.2 Å². The zero-order chi connectivity index (χ0) is 16.8. The smallest absolute Gasteiger partial charge is 0.214 e. The van der Waals surface area contributed by atoms with Gasteiger partial charge in [-0.3, -0.25) is 0 Å². The fraction of sp³-hybridized carbons (Fsp3) is 0.294. The number of hydrogen-bond donors (Lipinski definition) is 2. The highest BCUT2D eigenvalue weighted by Crippen LogP contribution is 2.39. The van der Waals surface area contributed by atoms with Gasteiger partial charge in [-0.2, -0.15) is 0 Å². The highest BCUT2D eigenvalue weighted by molar-refractivity contribution is 7.91. The van der Waals surface area contributed by atoms with Gasteiger partial charge in [0.2, 0.25) is 9.84 Å². The minimum atomic E-state index is -4.01. The highest BCUT2D eigenvalue weighted by atomic mass is 32.2. The van der Waals surface area contributed by atoms with E-state index in [4.69, 9.17) is 0 Å². The summed E-state index contributed by atoms with van der Waals surface area (Å²) in [6.45, 7) is 8.71. The van der Waals surface area contributed by atoms with Crippen LogP contribution in [0.5, 0.6) is 11.5 Å². The van der Waals surface area contributed by atoms with E-state index in [9.17, 15) is 18.6 Å². The molecule has 0 aliphatic heterocycles. The van der Waals surface area contributed by atoms with Crippen molar-refractivity contribution in [3.8, 4) is 11.5 Å². The van der Waals surface area contributed by atoms with Crippen LogP contribution < -0.4 is 0 Å². The van der Waals surface area contributed by atoms with E-state index < -0.39 is 9.84 Å². The van der Waals surface area contributed by atoms with E-state index in [1.54, 1.807) is 33.8 Å². The molecule has 0 spiro atoms. The molecule has 2 N–H and O–H groups in total. The minimum absolute atomic E-state index is 0.156. The molecule has 0 saturated carbocycles. The molecule has 4 nitrogen and oxygen atoms in total. The van der Waals surface area contributed by atoms with E-state index in [-0.39, 0.29) is 21.3 Å². The zero-order valence-electron chi connectivity index (χ0n) is 13.4. The summed E-state index contributed by atoms with van der Waals surface area (Å²) in [7, 11) is -4.01. The molecule has 118 valence electrons. The van der Waals surface area contributed by atoms with Gasteiger partial charge in [-0.25, -0.2) is 8.42 Å². The standard InChI is InChI=1S/C17H20O4S/c1-9-6-11(3)17(14(18)7-9)22(20,21)15-8-10(2)12(4)13(5)16(15)19/h6-8,18-19H,1-5H3. The van der Waals surface area contributed by atoms with E-state index >= 15 is 0 Å². The number of sulfone groups is 1. The minimum Gasteiger partial charge on any atom is -0.507 e. The number of aromatic hydroxyl groups is 2. The molecule has 0 unspecified atom stereocenters. The molecule has 0 radical (unpaired) electrons. The van der Waals surface area contributed by atoms with Crippen LogP contribution in [0.1, 0.15) is 27.8 Å². The van der Waals surface area contributed by atoms with Crippen LogP contribution in [0.2, 0.25) is 0 Å². The second-order valence-corrected chi connectivity index (χ2v) is 7.58. The predicted molar refractivity (Wildman–Crippen MR) is 85.4 cm³/mol. The van der Waals surface area contributed by atoms with E-state index in [1.807, 2.05) is 6.92 Å². The second-order valence-electron chi connectivity index (χ2n) is 5.72. The Labute approximate surface area is 131 Å². The molecule has 0 aromatic heterocycles. The first kappa shape index (κ1) is 16.4. The molecular weight excluding hydrogens is 300 g/mol. The molecule has 0 fully saturated rings. The topological polar surface area (TPSA) is 74.6 Å². The quantitative estimate of drug-likeness (QED) is 0.888. The third-order valence-electron chi connectivity index (χ3n) is 4.05. The fourth-order valence-electron chi connectivity index (χ4n) is 2.63. The lowest BCUT2D eigenvalue weighted by atomic mass is 10.0. The van der Waals surface area contributed by atoms with Crippen LogP contribution in [-0.2, 0) is 9.84 Å². The van der Waals surface area contributed by atoms with Crippen LogP contribution in [-0.4, -0.2) is 18.6 Å². The Hall–Kier alpha value is -2.01. The molecule has 2 rings (SSSR count). The van der Waals surface area contributed by atoms with Gasteiger partial charge in [0.25, 0.3) is 0 Å². The first-order valence-corrected chi connectivity index (χ1v) is 8.40. The maximum absolute atomic E-state index is 12.9. The third kappa shape index (κ3) is 2.46. The molecule has 5 heteroatoms. The van der Waals surface area contributed by atoms with Crippen LogP contribution in [0.15, 0.2) is 28.0 Å². The predicted octanol–water partition coefficient (Wildman–Crippen LogP) is 3.47. The summed E-state index contributed by atoms with van der Waals surface area (Å²) in [5.41, 5.74) is 3.38. The highest BCUT2D eigenvalue weighted by Gasteiger charge is 2.28. The Morgan fingerprint density at radius 3 is 1.95 bits per heavy atom. The van der Waals surface area contributed by atoms with Crippen LogP contribution in [0.25, 0.3) is 0 Å². The van der Waals surface area contributed by atoms with Gasteiger partial charge >= 0.3 is 0 Å². The first-order chi connectivity index (χ1) is 10.1. The normalized spacial score (nSPS) is 11.7. The molecular formula is C17H20O4S. The molecule has 0 amide bonds. The van der Waals surface area contributed by atoms with Crippen LogP contribution >= 0.6 is 0 Å². The number of phenols is 2. The molecule has 22 heavy (non-hydrogen) atoms. The van der Waals surface area contributed by atoms with Crippen molar-refractivity contribution in [1.29, 1.82) is 0 Å². The third-order valence-corrected chi connectivity index (χ3v) is 6.01. The number of phenolic OH excluding ortho intramolecular Hbond substituents is 2. The summed E-state index contributed by atoms with van der Waals surface area (Å²) in [5.74, 6) is -0.560. The van der Waals surface area contributed by atoms with Crippen molar-refractivity contribution in [2.24, 2.45) is 0 Å². The Morgan fingerprint density at radius 1 is 0.818 bits per heavy atom. The van der Waals surface area contributed by atoms with Gasteiger partial charge in [0.1, 0.15) is 21.3 Å². The Balaban J connectivity index is 2.83. The van der Waals surface area contributed by atoms with Crippen molar-refractivity contribution in [3.05, 3.63) is 46.0 Å². The maximum atomic E-state index is 12.9. The SMILES string of the molecule is Cc1cc(C)c(S(=O)(=O)c2cc(C)c(C)c(C)c2O)c(O)c1. The number of aryl methyl sites for hydroxylation is 3. The summed E-state index contributed by atoms with van der Waals surface area (Å²) >= 11 is 0. The lowest BCUT2D eigenvalue weighted by Gasteiger charge is -2.15. The molecule has 0 aliphatic carbocycles. The van der Waals surface area contributed by atoms with Gasteiger partial charge in [0.15, 0.2) is 0 Å². The van der Waals surface area contributed by atoms with E-state index in [2.05, 4.69) is 0 Å². The zero-order valence-corrected chi connectivity index (χ0v) is 14.2. The van der Waals surface area contributed by atoms with E-state index in [0.29, 0.717) is 11.1 Å². The molecule has 0 saturated heterocycles. The first-order valence-electron chi connectivity index (χ1n) is 6.92. The Bertz CT molecular complexity index is 842. The van der Waals surface area contributed by atoms with Crippen LogP contribution in [0.3, 0.4) is 0 Å². The average Bonchev–Trinajstić information content (AvgIpc) is 2.38. The molecule has 0 bridgehead atoms. The molecule has 2 aromatic rings. The number of hydrogen-bond acceptors (Lipinski definition) is 4. The van der Waals surface area contributed by atoms with Crippen LogP contribution in [0.4, 0.5) is 0 Å². The second kappa shape index (κ2) is 5.32. The largest absolute Gasteiger partial charge is 0.507 e. The molecule has 0 heterocycles. The Morgan fingerprint density at radius 2 is 1.41 bits per heavy atom. The lowest BCUT2D eigenvalue weighted by molar-refractivity contribution is 0.449. The van der Waals surface area contributed by atoms with Crippen molar-refractivity contribution in [3.63, 3.8) is 0 Å². The molecule has 0 aliphatic rings. The molecule has 2 aromatic carbocycles. The monoisotopic (exact) mass is 320 g/mol. The summed E-state index contributed by atoms with van der Waals surface area (Å²) in [5, 5.41) is 20.4. The van der Waals surface area contributed by atoms with Crippen molar-refractivity contribution in [2.45, 2.75) is 44.4 Å². The van der Waals surface area contributed by atoms with Crippen molar-refractivity contribution >= 4 is 9.84 Å². The Kier molecular flexibility index (Phi) is 3.96. The summed E-state index contributed by atoms with van der Waals surface area (Å²) in [6, 6.07) is 4.55. The average molecular weight is 320 g/mol. The molecule has 0 atom stereocenters. The van der Waals surface area contributed by atoms with Crippen molar-refractivity contribution in [1.82, 2.24) is 0 Å². The van der Waals surface area contributed by atoms with E-state index in [0.717, 1.165) is 16.7 Å². The lowest BCUT2D eigenvalue weighted by Crippen LogP contribution is -2.07. The summed E-state index contributed by atoms with van der Waals surface area (Å²) < 4.78 is 25.8. The van der Waals surface area contributed by atoms with Crippen molar-refractivity contribution in [2.75, 3.05) is 0 Å². The van der Waals surface area contributed by atoms with Gasteiger partial charge in [-0.05, 0) is 74.6 Å². The number of rotatable bonds is 2. The van der Waals surface area contributed by atoms with Crippen molar-refractivity contribution < 1.29 is 18.6 Å². The van der Waals surface area contributed by atoms with Gasteiger partial charge in [0, 0.05) is 0 Å². The van der Waals surface area contributed by atoms with Gasteiger partial charge in [-0.15, -0.1) is 0 Å². The van der Waals surface area contributed by atoms with E-state index in [1.165, 1.54) is 12.1 Å². The fourth-order valence-corrected chi connectivity index (χ4v) is 4.40.